The molecule has 2 aromatic carbocycles. The molecule has 1 saturated heterocycles. The Hall–Kier alpha value is -2.13. The lowest BCUT2D eigenvalue weighted by atomic mass is 10.2. The van der Waals surface area contributed by atoms with Gasteiger partial charge in [0.2, 0.25) is 0 Å². The number of para-hydroxylation sites is 1. The minimum atomic E-state index is -0.450. The molecular weight excluding hydrogens is 459 g/mol. The molecule has 152 valence electrons. The molecule has 1 aliphatic rings. The summed E-state index contributed by atoms with van der Waals surface area (Å²) in [5, 5.41) is 15.2. The predicted molar refractivity (Wildman–Crippen MR) is 118 cm³/mol. The van der Waals surface area contributed by atoms with Gasteiger partial charge in [0.05, 0.1) is 20.5 Å². The van der Waals surface area contributed by atoms with E-state index in [4.69, 9.17) is 47.0 Å². The lowest BCUT2D eigenvalue weighted by Crippen LogP contribution is -2.52. The fourth-order valence-electron chi connectivity index (χ4n) is 3.01. The molecule has 1 amide bonds. The van der Waals surface area contributed by atoms with E-state index in [9.17, 15) is 14.9 Å². The standard InChI is InChI=1S/C18H15Cl3N4O3S/c19-11-4-5-12(14(21)10-11)17(26)22-18(29)24-8-6-23(7-9-24)16-13(20)2-1-3-15(16)25(27)28/h1-5,10H,6-9H2,(H,22,26,29). The van der Waals surface area contributed by atoms with Crippen LogP contribution in [0.15, 0.2) is 36.4 Å². The topological polar surface area (TPSA) is 78.7 Å². The number of rotatable bonds is 3. The molecule has 0 atom stereocenters. The van der Waals surface area contributed by atoms with E-state index in [0.717, 1.165) is 0 Å². The van der Waals surface area contributed by atoms with Crippen molar-refractivity contribution in [1.82, 2.24) is 10.2 Å². The van der Waals surface area contributed by atoms with Crippen molar-refractivity contribution in [2.75, 3.05) is 31.1 Å². The number of nitro benzene ring substituents is 1. The van der Waals surface area contributed by atoms with Crippen LogP contribution in [0.1, 0.15) is 10.4 Å². The highest BCUT2D eigenvalue weighted by Gasteiger charge is 2.27. The van der Waals surface area contributed by atoms with Crippen LogP contribution in [0.2, 0.25) is 15.1 Å². The zero-order valence-electron chi connectivity index (χ0n) is 14.9. The van der Waals surface area contributed by atoms with Crippen molar-refractivity contribution in [1.29, 1.82) is 0 Å². The van der Waals surface area contributed by atoms with Gasteiger partial charge in [-0.15, -0.1) is 0 Å². The number of anilines is 1. The van der Waals surface area contributed by atoms with Crippen molar-refractivity contribution in [3.8, 4) is 0 Å². The number of benzene rings is 2. The van der Waals surface area contributed by atoms with Crippen LogP contribution in [0.5, 0.6) is 0 Å². The molecule has 3 rings (SSSR count). The van der Waals surface area contributed by atoms with E-state index in [2.05, 4.69) is 5.32 Å². The van der Waals surface area contributed by atoms with E-state index in [1.165, 1.54) is 18.2 Å². The highest BCUT2D eigenvalue weighted by atomic mass is 35.5. The SMILES string of the molecule is O=C(NC(=S)N1CCN(c2c(Cl)cccc2[N+](=O)[O-])CC1)c1ccc(Cl)cc1Cl. The quantitative estimate of drug-likeness (QED) is 0.405. The predicted octanol–water partition coefficient (Wildman–Crippen LogP) is 4.39. The first-order chi connectivity index (χ1) is 13.8. The van der Waals surface area contributed by atoms with Crippen LogP contribution < -0.4 is 10.2 Å². The number of nitrogens with zero attached hydrogens (tertiary/aromatic N) is 3. The maximum absolute atomic E-state index is 12.4. The normalized spacial score (nSPS) is 13.9. The van der Waals surface area contributed by atoms with Crippen LogP contribution in [-0.2, 0) is 0 Å². The van der Waals surface area contributed by atoms with Gasteiger partial charge in [0.1, 0.15) is 5.69 Å². The molecule has 0 radical (unpaired) electrons. The molecule has 0 aliphatic carbocycles. The van der Waals surface area contributed by atoms with Crippen molar-refractivity contribution >= 4 is 69.4 Å². The Morgan fingerprint density at radius 3 is 2.38 bits per heavy atom. The second-order valence-electron chi connectivity index (χ2n) is 6.22. The molecule has 0 spiro atoms. The van der Waals surface area contributed by atoms with Crippen molar-refractivity contribution in [3.05, 3.63) is 67.1 Å². The average molecular weight is 474 g/mol. The number of nitro groups is 1. The number of carbonyl (C=O) groups is 1. The fourth-order valence-corrected chi connectivity index (χ4v) is 4.07. The van der Waals surface area contributed by atoms with Gasteiger partial charge in [-0.25, -0.2) is 0 Å². The second-order valence-corrected chi connectivity index (χ2v) is 7.86. The third-order valence-electron chi connectivity index (χ3n) is 4.44. The van der Waals surface area contributed by atoms with Crippen molar-refractivity contribution in [2.24, 2.45) is 0 Å². The third-order valence-corrected chi connectivity index (χ3v) is 5.65. The minimum absolute atomic E-state index is 0.0424. The fraction of sp³-hybridized carbons (Fsp3) is 0.222. The number of amides is 1. The first kappa shape index (κ1) is 21.6. The van der Waals surface area contributed by atoms with Crippen LogP contribution >= 0.6 is 47.0 Å². The van der Waals surface area contributed by atoms with Gasteiger partial charge >= 0.3 is 0 Å². The zero-order chi connectivity index (χ0) is 21.1. The Balaban J connectivity index is 1.65. The molecule has 2 aromatic rings. The van der Waals surface area contributed by atoms with E-state index in [0.29, 0.717) is 41.9 Å². The largest absolute Gasteiger partial charge is 0.361 e. The monoisotopic (exact) mass is 472 g/mol. The molecule has 1 N–H and O–H groups in total. The molecule has 29 heavy (non-hydrogen) atoms. The summed E-state index contributed by atoms with van der Waals surface area (Å²) < 4.78 is 0. The van der Waals surface area contributed by atoms with Gasteiger partial charge in [-0.2, -0.15) is 0 Å². The molecule has 0 bridgehead atoms. The van der Waals surface area contributed by atoms with Gasteiger partial charge in [0.25, 0.3) is 11.6 Å². The van der Waals surface area contributed by atoms with E-state index >= 15 is 0 Å². The number of hydrogen-bond donors (Lipinski definition) is 1. The summed E-state index contributed by atoms with van der Waals surface area (Å²) >= 11 is 23.5. The Kier molecular flexibility index (Phi) is 6.79. The van der Waals surface area contributed by atoms with Gasteiger partial charge in [0, 0.05) is 37.3 Å². The number of halogens is 3. The van der Waals surface area contributed by atoms with Crippen LogP contribution in [-0.4, -0.2) is 47.0 Å². The highest BCUT2D eigenvalue weighted by Crippen LogP contribution is 2.35. The maximum atomic E-state index is 12.4. The molecular formula is C18H15Cl3N4O3S. The zero-order valence-corrected chi connectivity index (χ0v) is 18.0. The second kappa shape index (κ2) is 9.13. The van der Waals surface area contributed by atoms with Gasteiger partial charge in [0.15, 0.2) is 5.11 Å². The summed E-state index contributed by atoms with van der Waals surface area (Å²) in [4.78, 5) is 27.0. The lowest BCUT2D eigenvalue weighted by molar-refractivity contribution is -0.384. The molecule has 0 saturated carbocycles. The number of hydrogen-bond acceptors (Lipinski definition) is 5. The molecule has 11 heteroatoms. The summed E-state index contributed by atoms with van der Waals surface area (Å²) in [6.45, 7) is 1.86. The molecule has 7 nitrogen and oxygen atoms in total. The Morgan fingerprint density at radius 2 is 1.76 bits per heavy atom. The molecule has 1 heterocycles. The number of thiocarbonyl (C=S) groups is 1. The van der Waals surface area contributed by atoms with Crippen LogP contribution in [0.25, 0.3) is 0 Å². The summed E-state index contributed by atoms with van der Waals surface area (Å²) in [5.41, 5.74) is 0.615. The number of nitrogens with one attached hydrogen (secondary N) is 1. The maximum Gasteiger partial charge on any atom is 0.294 e. The Labute approximate surface area is 187 Å². The van der Waals surface area contributed by atoms with Gasteiger partial charge in [-0.1, -0.05) is 40.9 Å². The Morgan fingerprint density at radius 1 is 1.07 bits per heavy atom. The average Bonchev–Trinajstić information content (AvgIpc) is 2.67. The molecule has 0 unspecified atom stereocenters. The lowest BCUT2D eigenvalue weighted by Gasteiger charge is -2.37. The summed E-state index contributed by atoms with van der Waals surface area (Å²) in [6, 6.07) is 9.17. The first-order valence-corrected chi connectivity index (χ1v) is 10.1. The summed E-state index contributed by atoms with van der Waals surface area (Å²) in [7, 11) is 0. The van der Waals surface area contributed by atoms with E-state index in [-0.39, 0.29) is 21.4 Å². The van der Waals surface area contributed by atoms with E-state index in [1.807, 2.05) is 9.80 Å². The van der Waals surface area contributed by atoms with Crippen LogP contribution in [0, 0.1) is 10.1 Å². The minimum Gasteiger partial charge on any atom is -0.361 e. The van der Waals surface area contributed by atoms with Crippen LogP contribution in [0.3, 0.4) is 0 Å². The van der Waals surface area contributed by atoms with E-state index < -0.39 is 10.8 Å². The molecule has 1 fully saturated rings. The van der Waals surface area contributed by atoms with Gasteiger partial charge < -0.3 is 9.80 Å². The van der Waals surface area contributed by atoms with E-state index in [1.54, 1.807) is 18.2 Å². The smallest absolute Gasteiger partial charge is 0.294 e. The van der Waals surface area contributed by atoms with Crippen molar-refractivity contribution in [3.63, 3.8) is 0 Å². The van der Waals surface area contributed by atoms with Crippen molar-refractivity contribution in [2.45, 2.75) is 0 Å². The highest BCUT2D eigenvalue weighted by molar-refractivity contribution is 7.80. The van der Waals surface area contributed by atoms with Gasteiger partial charge in [-0.05, 0) is 36.5 Å². The number of piperazine rings is 1. The Bertz CT molecular complexity index is 981. The van der Waals surface area contributed by atoms with Gasteiger partial charge in [-0.3, -0.25) is 20.2 Å². The third kappa shape index (κ3) is 4.90. The molecule has 0 aromatic heterocycles. The first-order valence-electron chi connectivity index (χ1n) is 8.51. The summed E-state index contributed by atoms with van der Waals surface area (Å²) in [5.74, 6) is -0.430. The molecule has 1 aliphatic heterocycles. The van der Waals surface area contributed by atoms with Crippen LogP contribution in [0.4, 0.5) is 11.4 Å². The summed E-state index contributed by atoms with van der Waals surface area (Å²) in [6.07, 6.45) is 0. The van der Waals surface area contributed by atoms with Crippen molar-refractivity contribution < 1.29 is 9.72 Å². The number of carbonyl (C=O) groups excluding carboxylic acids is 1.